The molecule has 0 bridgehead atoms. The molecule has 2 aromatic carbocycles. The minimum absolute atomic E-state index is 0.0407. The van der Waals surface area contributed by atoms with Gasteiger partial charge in [-0.3, -0.25) is 19.7 Å². The number of hydrogen-bond donors (Lipinski definition) is 1. The zero-order valence-electron chi connectivity index (χ0n) is 19.3. The van der Waals surface area contributed by atoms with Crippen molar-refractivity contribution in [2.24, 2.45) is 0 Å². The lowest BCUT2D eigenvalue weighted by atomic mass is 9.74. The fourth-order valence-corrected chi connectivity index (χ4v) is 5.13. The molecule has 2 heterocycles. The maximum atomic E-state index is 12.1. The van der Waals surface area contributed by atoms with E-state index in [0.717, 1.165) is 16.8 Å². The number of rotatable bonds is 8. The molecule has 4 rings (SSSR count). The highest BCUT2D eigenvalue weighted by atomic mass is 16.6. The average Bonchev–Trinajstić information content (AvgIpc) is 2.97. The fraction of sp³-hybridized carbons (Fsp3) is 0.440. The number of benzene rings is 2. The highest BCUT2D eigenvalue weighted by Gasteiger charge is 2.60. The van der Waals surface area contributed by atoms with E-state index in [1.165, 1.54) is 6.07 Å². The Morgan fingerprint density at radius 1 is 1.21 bits per heavy atom. The number of esters is 1. The number of non-ortho nitro benzene ring substituents is 1. The number of carboxylic acids is 1. The van der Waals surface area contributed by atoms with Gasteiger partial charge < -0.3 is 19.5 Å². The maximum Gasteiger partial charge on any atom is 0.305 e. The van der Waals surface area contributed by atoms with E-state index in [2.05, 4.69) is 24.8 Å². The van der Waals surface area contributed by atoms with Gasteiger partial charge in [-0.1, -0.05) is 18.2 Å². The molecule has 2 aliphatic heterocycles. The third-order valence-electron chi connectivity index (χ3n) is 6.90. The van der Waals surface area contributed by atoms with E-state index in [-0.39, 0.29) is 31.6 Å². The third-order valence-corrected chi connectivity index (χ3v) is 6.90. The van der Waals surface area contributed by atoms with Gasteiger partial charge >= 0.3 is 11.9 Å². The second kappa shape index (κ2) is 8.96. The Kier molecular flexibility index (Phi) is 6.20. The highest BCUT2D eigenvalue weighted by Crippen LogP contribution is 2.56. The number of hydrogen-bond acceptors (Lipinski definition) is 7. The molecule has 0 saturated heterocycles. The molecule has 1 atom stereocenters. The van der Waals surface area contributed by atoms with Crippen LogP contribution in [0.4, 0.5) is 11.4 Å². The number of fused-ring (bicyclic) bond motifs is 2. The van der Waals surface area contributed by atoms with Gasteiger partial charge in [0.1, 0.15) is 12.4 Å². The molecule has 0 saturated carbocycles. The second-order valence-electron chi connectivity index (χ2n) is 9.20. The summed E-state index contributed by atoms with van der Waals surface area (Å²) in [4.78, 5) is 35.7. The Morgan fingerprint density at radius 2 is 1.97 bits per heavy atom. The Morgan fingerprint density at radius 3 is 2.71 bits per heavy atom. The van der Waals surface area contributed by atoms with Crippen molar-refractivity contribution in [2.45, 2.75) is 57.1 Å². The van der Waals surface area contributed by atoms with Crippen molar-refractivity contribution < 1.29 is 29.1 Å². The van der Waals surface area contributed by atoms with Gasteiger partial charge in [0.25, 0.3) is 5.69 Å². The molecular formula is C25H28N2O7. The Balaban J connectivity index is 1.57. The summed E-state index contributed by atoms with van der Waals surface area (Å²) in [5.74, 6) is -0.747. The normalized spacial score (nSPS) is 19.8. The molecule has 1 unspecified atom stereocenters. The summed E-state index contributed by atoms with van der Waals surface area (Å²) in [5, 5.41) is 19.9. The van der Waals surface area contributed by atoms with Crippen molar-refractivity contribution in [3.8, 4) is 5.75 Å². The minimum Gasteiger partial charge on any atom is -0.481 e. The molecule has 0 aliphatic carbocycles. The van der Waals surface area contributed by atoms with Crippen LogP contribution in [0.5, 0.6) is 5.75 Å². The van der Waals surface area contributed by atoms with Gasteiger partial charge in [0.2, 0.25) is 0 Å². The third kappa shape index (κ3) is 4.06. The SMILES string of the molecule is CC1(C)c2ccccc2N(CCOC(=O)CCCC(=O)O)C12CCc1cc([N+](=O)[O-])ccc1O2. The number of anilines is 1. The van der Waals surface area contributed by atoms with Crippen molar-refractivity contribution in [3.05, 3.63) is 63.7 Å². The predicted octanol–water partition coefficient (Wildman–Crippen LogP) is 4.21. The number of nitro groups is 1. The molecule has 0 fully saturated rings. The first-order valence-electron chi connectivity index (χ1n) is 11.4. The first kappa shape index (κ1) is 23.5. The summed E-state index contributed by atoms with van der Waals surface area (Å²) in [5.41, 5.74) is 1.80. The van der Waals surface area contributed by atoms with Crippen LogP contribution in [0.1, 0.15) is 50.7 Å². The number of nitro benzene ring substituents is 1. The number of aryl methyl sites for hydroxylation is 1. The van der Waals surface area contributed by atoms with E-state index in [4.69, 9.17) is 14.6 Å². The second-order valence-corrected chi connectivity index (χ2v) is 9.20. The molecule has 1 N–H and O–H groups in total. The number of ether oxygens (including phenoxy) is 2. The van der Waals surface area contributed by atoms with Crippen molar-refractivity contribution >= 4 is 23.3 Å². The first-order valence-corrected chi connectivity index (χ1v) is 11.4. The van der Waals surface area contributed by atoms with Crippen LogP contribution in [0.15, 0.2) is 42.5 Å². The van der Waals surface area contributed by atoms with E-state index >= 15 is 0 Å². The van der Waals surface area contributed by atoms with Gasteiger partial charge in [-0.25, -0.2) is 0 Å². The van der Waals surface area contributed by atoms with Gasteiger partial charge in [-0.15, -0.1) is 0 Å². The van der Waals surface area contributed by atoms with Crippen molar-refractivity contribution in [1.29, 1.82) is 0 Å². The molecule has 0 aromatic heterocycles. The number of para-hydroxylation sites is 1. The molecule has 34 heavy (non-hydrogen) atoms. The lowest BCUT2D eigenvalue weighted by molar-refractivity contribution is -0.385. The summed E-state index contributed by atoms with van der Waals surface area (Å²) in [6.07, 6.45) is 1.44. The average molecular weight is 469 g/mol. The number of aliphatic carboxylic acids is 1. The molecule has 9 heteroatoms. The molecular weight excluding hydrogens is 440 g/mol. The molecule has 180 valence electrons. The van der Waals surface area contributed by atoms with E-state index in [9.17, 15) is 19.7 Å². The van der Waals surface area contributed by atoms with Crippen LogP contribution in [0.3, 0.4) is 0 Å². The van der Waals surface area contributed by atoms with Crippen molar-refractivity contribution in [3.63, 3.8) is 0 Å². The summed E-state index contributed by atoms with van der Waals surface area (Å²) < 4.78 is 12.1. The van der Waals surface area contributed by atoms with Gasteiger partial charge in [-0.2, -0.15) is 0 Å². The molecule has 2 aliphatic rings. The van der Waals surface area contributed by atoms with Gasteiger partial charge in [0.15, 0.2) is 5.72 Å². The lowest BCUT2D eigenvalue weighted by Crippen LogP contribution is -2.62. The van der Waals surface area contributed by atoms with Crippen LogP contribution >= 0.6 is 0 Å². The van der Waals surface area contributed by atoms with Crippen molar-refractivity contribution in [1.82, 2.24) is 0 Å². The van der Waals surface area contributed by atoms with Crippen LogP contribution in [-0.4, -0.2) is 40.8 Å². The molecule has 0 amide bonds. The Hall–Kier alpha value is -3.62. The summed E-state index contributed by atoms with van der Waals surface area (Å²) >= 11 is 0. The standard InChI is InChI=1S/C25H28N2O7/c1-24(2)19-6-3-4-7-20(19)26(14-15-33-23(30)9-5-8-22(28)29)25(24)13-12-17-16-18(27(31)32)10-11-21(17)34-25/h3-4,6-7,10-11,16H,5,8-9,12-15H2,1-2H3,(H,28,29). The highest BCUT2D eigenvalue weighted by molar-refractivity contribution is 5.72. The van der Waals surface area contributed by atoms with Crippen LogP contribution in [-0.2, 0) is 26.2 Å². The quantitative estimate of drug-likeness (QED) is 0.348. The fourth-order valence-electron chi connectivity index (χ4n) is 5.13. The smallest absolute Gasteiger partial charge is 0.305 e. The summed E-state index contributed by atoms with van der Waals surface area (Å²) in [6.45, 7) is 4.78. The summed E-state index contributed by atoms with van der Waals surface area (Å²) in [7, 11) is 0. The topological polar surface area (TPSA) is 119 Å². The molecule has 9 nitrogen and oxygen atoms in total. The Labute approximate surface area is 197 Å². The van der Waals surface area contributed by atoms with Gasteiger partial charge in [0.05, 0.1) is 16.9 Å². The minimum atomic E-state index is -0.939. The van der Waals surface area contributed by atoms with E-state index in [1.54, 1.807) is 12.1 Å². The van der Waals surface area contributed by atoms with Crippen molar-refractivity contribution in [2.75, 3.05) is 18.1 Å². The van der Waals surface area contributed by atoms with E-state index in [1.807, 2.05) is 18.2 Å². The zero-order valence-corrected chi connectivity index (χ0v) is 19.3. The van der Waals surface area contributed by atoms with Crippen LogP contribution < -0.4 is 9.64 Å². The molecule has 2 aromatic rings. The van der Waals surface area contributed by atoms with Crippen LogP contribution in [0.25, 0.3) is 0 Å². The summed E-state index contributed by atoms with van der Waals surface area (Å²) in [6, 6.07) is 12.7. The first-order chi connectivity index (χ1) is 16.2. The number of carbonyl (C=O) groups is 2. The number of nitrogens with zero attached hydrogens (tertiary/aromatic N) is 2. The maximum absolute atomic E-state index is 12.1. The van der Waals surface area contributed by atoms with E-state index < -0.39 is 28.0 Å². The largest absolute Gasteiger partial charge is 0.481 e. The van der Waals surface area contributed by atoms with Gasteiger partial charge in [-0.05, 0) is 44.4 Å². The Bertz CT molecular complexity index is 1130. The van der Waals surface area contributed by atoms with E-state index in [0.29, 0.717) is 25.1 Å². The number of carboxylic acid groups (broad SMARTS) is 1. The lowest BCUT2D eigenvalue weighted by Gasteiger charge is -2.49. The van der Waals surface area contributed by atoms with Crippen LogP contribution in [0.2, 0.25) is 0 Å². The monoisotopic (exact) mass is 468 g/mol. The zero-order chi connectivity index (χ0) is 24.5. The molecule has 0 radical (unpaired) electrons. The molecule has 1 spiro atoms. The van der Waals surface area contributed by atoms with Gasteiger partial charge in [0, 0.05) is 42.6 Å². The number of carbonyl (C=O) groups excluding carboxylic acids is 1. The van der Waals surface area contributed by atoms with Crippen LogP contribution in [0, 0.1) is 10.1 Å². The predicted molar refractivity (Wildman–Crippen MR) is 124 cm³/mol.